The van der Waals surface area contributed by atoms with Gasteiger partial charge in [-0.1, -0.05) is 0 Å². The maximum atomic E-state index is 12.4. The van der Waals surface area contributed by atoms with Crippen LogP contribution in [-0.4, -0.2) is 53.2 Å². The van der Waals surface area contributed by atoms with Gasteiger partial charge in [-0.15, -0.1) is 0 Å². The number of aromatic nitrogens is 1. The molecule has 2 rings (SSSR count). The molecule has 1 aromatic rings. The van der Waals surface area contributed by atoms with Gasteiger partial charge in [0.1, 0.15) is 5.69 Å². The van der Waals surface area contributed by atoms with Gasteiger partial charge in [-0.2, -0.15) is 13.2 Å². The van der Waals surface area contributed by atoms with Crippen molar-refractivity contribution in [3.8, 4) is 0 Å². The van der Waals surface area contributed by atoms with E-state index in [9.17, 15) is 23.1 Å². The molecule has 0 radical (unpaired) electrons. The van der Waals surface area contributed by atoms with E-state index in [-0.39, 0.29) is 5.56 Å². The molecule has 0 saturated carbocycles. The third-order valence-electron chi connectivity index (χ3n) is 3.27. The Labute approximate surface area is 113 Å². The van der Waals surface area contributed by atoms with E-state index in [4.69, 9.17) is 0 Å². The summed E-state index contributed by atoms with van der Waals surface area (Å²) in [6.07, 6.45) is -4.32. The Kier molecular flexibility index (Phi) is 3.96. The van der Waals surface area contributed by atoms with Crippen molar-refractivity contribution >= 4 is 5.91 Å². The minimum Gasteiger partial charge on any atom is -0.390 e. The minimum atomic E-state index is -4.53. The van der Waals surface area contributed by atoms with Gasteiger partial charge in [-0.25, -0.2) is 0 Å². The Morgan fingerprint density at radius 1 is 1.45 bits per heavy atom. The second-order valence-electron chi connectivity index (χ2n) is 4.64. The number of hydrogen-bond donors (Lipinski definition) is 2. The van der Waals surface area contributed by atoms with Gasteiger partial charge in [-0.3, -0.25) is 9.78 Å². The number of amides is 1. The SMILES string of the molecule is CN(C(=O)c1ccc(C(F)(F)F)nc1)[C@@H]1CNC[C@H]1O. The van der Waals surface area contributed by atoms with E-state index in [2.05, 4.69) is 10.3 Å². The number of carbonyl (C=O) groups excluding carboxylic acids is 1. The molecule has 2 N–H and O–H groups in total. The average Bonchev–Trinajstić information content (AvgIpc) is 2.82. The van der Waals surface area contributed by atoms with Gasteiger partial charge < -0.3 is 15.3 Å². The van der Waals surface area contributed by atoms with Crippen molar-refractivity contribution in [1.82, 2.24) is 15.2 Å². The molecular formula is C12H14F3N3O2. The Bertz CT molecular complexity index is 490. The first-order chi connectivity index (χ1) is 9.30. The number of aliphatic hydroxyl groups excluding tert-OH is 1. The summed E-state index contributed by atoms with van der Waals surface area (Å²) in [6, 6.07) is 1.46. The largest absolute Gasteiger partial charge is 0.433 e. The molecule has 0 aliphatic carbocycles. The smallest absolute Gasteiger partial charge is 0.390 e. The van der Waals surface area contributed by atoms with Crippen molar-refractivity contribution in [2.45, 2.75) is 18.3 Å². The number of nitrogens with one attached hydrogen (secondary N) is 1. The van der Waals surface area contributed by atoms with E-state index in [0.29, 0.717) is 13.1 Å². The molecule has 2 heterocycles. The van der Waals surface area contributed by atoms with Crippen molar-refractivity contribution in [1.29, 1.82) is 0 Å². The van der Waals surface area contributed by atoms with Crippen LogP contribution in [-0.2, 0) is 6.18 Å². The van der Waals surface area contributed by atoms with Crippen LogP contribution in [0.1, 0.15) is 16.1 Å². The lowest BCUT2D eigenvalue weighted by Gasteiger charge is -2.26. The standard InChI is InChI=1S/C12H14F3N3O2/c1-18(8-5-16-6-9(8)19)11(20)7-2-3-10(17-4-7)12(13,14)15/h2-4,8-9,16,19H,5-6H2,1H3/t8-,9-/m1/s1. The minimum absolute atomic E-state index is 0.0552. The van der Waals surface area contributed by atoms with Crippen LogP contribution in [0.3, 0.4) is 0 Å². The Balaban J connectivity index is 2.13. The highest BCUT2D eigenvalue weighted by Crippen LogP contribution is 2.27. The summed E-state index contributed by atoms with van der Waals surface area (Å²) in [5, 5.41) is 12.6. The zero-order valence-electron chi connectivity index (χ0n) is 10.7. The predicted molar refractivity (Wildman–Crippen MR) is 64.0 cm³/mol. The van der Waals surface area contributed by atoms with E-state index >= 15 is 0 Å². The lowest BCUT2D eigenvalue weighted by molar-refractivity contribution is -0.141. The summed E-state index contributed by atoms with van der Waals surface area (Å²) in [5.41, 5.74) is -0.987. The Hall–Kier alpha value is -1.67. The van der Waals surface area contributed by atoms with Crippen LogP contribution in [0.25, 0.3) is 0 Å². The zero-order chi connectivity index (χ0) is 14.9. The van der Waals surface area contributed by atoms with Crippen LogP contribution in [0.4, 0.5) is 13.2 Å². The molecular weight excluding hydrogens is 275 g/mol. The van der Waals surface area contributed by atoms with Crippen molar-refractivity contribution < 1.29 is 23.1 Å². The van der Waals surface area contributed by atoms with Gasteiger partial charge in [0.2, 0.25) is 0 Å². The molecule has 110 valence electrons. The summed E-state index contributed by atoms with van der Waals surface area (Å²) >= 11 is 0. The monoisotopic (exact) mass is 289 g/mol. The fourth-order valence-corrected chi connectivity index (χ4v) is 2.09. The Morgan fingerprint density at radius 3 is 2.60 bits per heavy atom. The molecule has 0 spiro atoms. The molecule has 1 aromatic heterocycles. The number of halogens is 3. The molecule has 0 unspecified atom stereocenters. The first-order valence-corrected chi connectivity index (χ1v) is 6.00. The number of aliphatic hydroxyl groups is 1. The summed E-state index contributed by atoms with van der Waals surface area (Å²) in [6.45, 7) is 0.824. The molecule has 0 bridgehead atoms. The van der Waals surface area contributed by atoms with Gasteiger partial charge >= 0.3 is 6.18 Å². The van der Waals surface area contributed by atoms with Crippen LogP contribution in [0.5, 0.6) is 0 Å². The maximum absolute atomic E-state index is 12.4. The second kappa shape index (κ2) is 5.37. The number of hydrogen-bond acceptors (Lipinski definition) is 4. The van der Waals surface area contributed by atoms with Crippen LogP contribution in [0.2, 0.25) is 0 Å². The first kappa shape index (κ1) is 14.7. The van der Waals surface area contributed by atoms with E-state index in [0.717, 1.165) is 18.3 Å². The quantitative estimate of drug-likeness (QED) is 0.832. The van der Waals surface area contributed by atoms with Gasteiger partial charge in [0.25, 0.3) is 5.91 Å². The number of nitrogens with zero attached hydrogens (tertiary/aromatic N) is 2. The van der Waals surface area contributed by atoms with Gasteiger partial charge in [-0.05, 0) is 12.1 Å². The fourth-order valence-electron chi connectivity index (χ4n) is 2.09. The number of rotatable bonds is 2. The molecule has 1 saturated heterocycles. The third-order valence-corrected chi connectivity index (χ3v) is 3.27. The predicted octanol–water partition coefficient (Wildman–Crippen LogP) is 0.505. The highest BCUT2D eigenvalue weighted by molar-refractivity contribution is 5.94. The molecule has 1 aliphatic heterocycles. The van der Waals surface area contributed by atoms with Crippen molar-refractivity contribution in [3.05, 3.63) is 29.6 Å². The lowest BCUT2D eigenvalue weighted by Crippen LogP contribution is -2.44. The lowest BCUT2D eigenvalue weighted by atomic mass is 10.1. The number of carbonyl (C=O) groups is 1. The number of pyridine rings is 1. The highest BCUT2D eigenvalue weighted by atomic mass is 19.4. The summed E-state index contributed by atoms with van der Waals surface area (Å²) in [5.74, 6) is -0.473. The maximum Gasteiger partial charge on any atom is 0.433 e. The van der Waals surface area contributed by atoms with Crippen LogP contribution < -0.4 is 5.32 Å². The average molecular weight is 289 g/mol. The van der Waals surface area contributed by atoms with E-state index in [1.54, 1.807) is 0 Å². The van der Waals surface area contributed by atoms with E-state index in [1.807, 2.05) is 0 Å². The first-order valence-electron chi connectivity index (χ1n) is 6.00. The van der Waals surface area contributed by atoms with Crippen molar-refractivity contribution in [3.63, 3.8) is 0 Å². The second-order valence-corrected chi connectivity index (χ2v) is 4.64. The summed E-state index contributed by atoms with van der Waals surface area (Å²) < 4.78 is 37.1. The topological polar surface area (TPSA) is 65.5 Å². The number of β-amino-alcohol motifs (C(OH)–C–C–N with tert-alkyl or cyclic N) is 1. The molecule has 5 nitrogen and oxygen atoms in total. The summed E-state index contributed by atoms with van der Waals surface area (Å²) in [7, 11) is 1.50. The van der Waals surface area contributed by atoms with E-state index < -0.39 is 29.9 Å². The molecule has 8 heteroatoms. The molecule has 20 heavy (non-hydrogen) atoms. The van der Waals surface area contributed by atoms with Crippen LogP contribution in [0, 0.1) is 0 Å². The normalized spacial score (nSPS) is 22.9. The van der Waals surface area contributed by atoms with Gasteiger partial charge in [0.15, 0.2) is 0 Å². The van der Waals surface area contributed by atoms with Gasteiger partial charge in [0, 0.05) is 26.3 Å². The molecule has 1 fully saturated rings. The zero-order valence-corrected chi connectivity index (χ0v) is 10.7. The van der Waals surface area contributed by atoms with Crippen molar-refractivity contribution in [2.24, 2.45) is 0 Å². The van der Waals surface area contributed by atoms with Crippen LogP contribution >= 0.6 is 0 Å². The number of likely N-dealkylation sites (N-methyl/N-ethyl adjacent to an activating group) is 1. The molecule has 2 atom stereocenters. The fraction of sp³-hybridized carbons (Fsp3) is 0.500. The van der Waals surface area contributed by atoms with Gasteiger partial charge in [0.05, 0.1) is 17.7 Å². The molecule has 1 aliphatic rings. The van der Waals surface area contributed by atoms with Crippen molar-refractivity contribution in [2.75, 3.05) is 20.1 Å². The summed E-state index contributed by atoms with van der Waals surface area (Å²) in [4.78, 5) is 16.7. The highest BCUT2D eigenvalue weighted by Gasteiger charge is 2.34. The Morgan fingerprint density at radius 2 is 2.15 bits per heavy atom. The third kappa shape index (κ3) is 2.91. The van der Waals surface area contributed by atoms with Crippen LogP contribution in [0.15, 0.2) is 18.3 Å². The van der Waals surface area contributed by atoms with E-state index in [1.165, 1.54) is 11.9 Å². The molecule has 0 aromatic carbocycles. The molecule has 1 amide bonds. The number of alkyl halides is 3.